The molecule has 1 aromatic carbocycles. The Morgan fingerprint density at radius 1 is 1.38 bits per heavy atom. The zero-order chi connectivity index (χ0) is 14.8. The number of carbonyl (C=O) groups excluding carboxylic acids is 1. The first-order valence-corrected chi connectivity index (χ1v) is 6.75. The van der Waals surface area contributed by atoms with Gasteiger partial charge in [-0.1, -0.05) is 0 Å². The van der Waals surface area contributed by atoms with Gasteiger partial charge >= 0.3 is 0 Å². The Morgan fingerprint density at radius 3 is 2.81 bits per heavy atom. The Morgan fingerprint density at radius 2 is 2.14 bits per heavy atom. The van der Waals surface area contributed by atoms with Crippen LogP contribution in [0.2, 0.25) is 0 Å². The number of carbonyl (C=O) groups is 1. The van der Waals surface area contributed by atoms with E-state index in [1.165, 1.54) is 12.1 Å². The normalized spacial score (nSPS) is 20.1. The Bertz CT molecular complexity index is 583. The molecule has 1 aromatic rings. The van der Waals surface area contributed by atoms with Crippen LogP contribution in [0, 0.1) is 16.0 Å². The summed E-state index contributed by atoms with van der Waals surface area (Å²) in [6.45, 7) is 1.51. The second-order valence-corrected chi connectivity index (χ2v) is 5.01. The fraction of sp³-hybridized carbons (Fsp3) is 0.462. The highest BCUT2D eigenvalue weighted by Crippen LogP contribution is 2.40. The van der Waals surface area contributed by atoms with Gasteiger partial charge in [0.25, 0.3) is 5.69 Å². The van der Waals surface area contributed by atoms with E-state index in [2.05, 4.69) is 10.6 Å². The van der Waals surface area contributed by atoms with Crippen molar-refractivity contribution in [1.82, 2.24) is 5.32 Å². The van der Waals surface area contributed by atoms with Crippen molar-refractivity contribution in [1.29, 1.82) is 0 Å². The number of nitrogens with one attached hydrogen (secondary N) is 2. The van der Waals surface area contributed by atoms with E-state index in [0.29, 0.717) is 18.0 Å². The van der Waals surface area contributed by atoms with E-state index in [1.807, 2.05) is 0 Å². The molecule has 0 bridgehead atoms. The predicted molar refractivity (Wildman–Crippen MR) is 73.4 cm³/mol. The first-order valence-electron chi connectivity index (χ1n) is 6.75. The van der Waals surface area contributed by atoms with Crippen LogP contribution < -0.4 is 20.1 Å². The molecule has 3 rings (SSSR count). The average Bonchev–Trinajstić information content (AvgIpc) is 2.94. The van der Waals surface area contributed by atoms with Crippen LogP contribution in [-0.4, -0.2) is 30.7 Å². The van der Waals surface area contributed by atoms with E-state index < -0.39 is 4.92 Å². The van der Waals surface area contributed by atoms with Crippen LogP contribution in [0.3, 0.4) is 0 Å². The summed E-state index contributed by atoms with van der Waals surface area (Å²) in [5.74, 6) is 0.324. The topological polar surface area (TPSA) is 103 Å². The highest BCUT2D eigenvalue weighted by molar-refractivity contribution is 5.95. The number of rotatable bonds is 3. The average molecular weight is 293 g/mol. The highest BCUT2D eigenvalue weighted by atomic mass is 16.7. The van der Waals surface area contributed by atoms with Crippen molar-refractivity contribution >= 4 is 17.3 Å². The van der Waals surface area contributed by atoms with Crippen LogP contribution in [0.4, 0.5) is 11.4 Å². The monoisotopic (exact) mass is 293 g/mol. The summed E-state index contributed by atoms with van der Waals surface area (Å²) in [6, 6.07) is 2.71. The number of benzene rings is 1. The smallest absolute Gasteiger partial charge is 0.296 e. The van der Waals surface area contributed by atoms with Crippen LogP contribution >= 0.6 is 0 Å². The molecular weight excluding hydrogens is 278 g/mol. The minimum atomic E-state index is -0.545. The van der Waals surface area contributed by atoms with Gasteiger partial charge in [0.05, 0.1) is 16.9 Å². The van der Waals surface area contributed by atoms with Crippen molar-refractivity contribution in [3.8, 4) is 11.5 Å². The molecule has 21 heavy (non-hydrogen) atoms. The second-order valence-electron chi connectivity index (χ2n) is 5.01. The molecule has 2 aliphatic heterocycles. The molecule has 8 heteroatoms. The van der Waals surface area contributed by atoms with Gasteiger partial charge in [0.2, 0.25) is 12.7 Å². The molecule has 0 radical (unpaired) electrons. The standard InChI is InChI=1S/C13H15N3O5/c17-13(8-2-1-3-14-6-8)15-9-4-11-12(21-7-20-11)5-10(9)16(18)19/h4-5,8,14H,1-3,6-7H2,(H,15,17)/t8-/m1/s1. The number of amides is 1. The Labute approximate surface area is 120 Å². The van der Waals surface area contributed by atoms with E-state index in [0.717, 1.165) is 19.4 Å². The number of fused-ring (bicyclic) bond motifs is 1. The van der Waals surface area contributed by atoms with Crippen molar-refractivity contribution in [2.24, 2.45) is 5.92 Å². The molecule has 0 unspecified atom stereocenters. The van der Waals surface area contributed by atoms with Crippen LogP contribution in [0.25, 0.3) is 0 Å². The van der Waals surface area contributed by atoms with Gasteiger partial charge in [-0.15, -0.1) is 0 Å². The number of nitro groups is 1. The minimum Gasteiger partial charge on any atom is -0.454 e. The largest absolute Gasteiger partial charge is 0.454 e. The van der Waals surface area contributed by atoms with Crippen molar-refractivity contribution in [2.75, 3.05) is 25.2 Å². The van der Waals surface area contributed by atoms with Crippen molar-refractivity contribution in [3.63, 3.8) is 0 Å². The summed E-state index contributed by atoms with van der Waals surface area (Å²) in [5, 5.41) is 16.9. The summed E-state index contributed by atoms with van der Waals surface area (Å²) in [4.78, 5) is 22.8. The quantitative estimate of drug-likeness (QED) is 0.642. The summed E-state index contributed by atoms with van der Waals surface area (Å²) < 4.78 is 10.3. The molecule has 0 spiro atoms. The van der Waals surface area contributed by atoms with E-state index in [9.17, 15) is 14.9 Å². The number of nitrogens with zero attached hydrogens (tertiary/aromatic N) is 1. The van der Waals surface area contributed by atoms with E-state index in [4.69, 9.17) is 9.47 Å². The maximum absolute atomic E-state index is 12.2. The first kappa shape index (κ1) is 13.6. The number of ether oxygens (including phenoxy) is 2. The Hall–Kier alpha value is -2.35. The Balaban J connectivity index is 1.83. The summed E-state index contributed by atoms with van der Waals surface area (Å²) >= 11 is 0. The van der Waals surface area contributed by atoms with Gasteiger partial charge in [0, 0.05) is 12.6 Å². The summed E-state index contributed by atoms with van der Waals surface area (Å²) in [5.41, 5.74) is -0.0591. The van der Waals surface area contributed by atoms with E-state index in [1.54, 1.807) is 0 Å². The third-order valence-electron chi connectivity index (χ3n) is 3.61. The maximum Gasteiger partial charge on any atom is 0.296 e. The maximum atomic E-state index is 12.2. The fourth-order valence-electron chi connectivity index (χ4n) is 2.49. The van der Waals surface area contributed by atoms with Crippen molar-refractivity contribution in [2.45, 2.75) is 12.8 Å². The lowest BCUT2D eigenvalue weighted by molar-refractivity contribution is -0.384. The zero-order valence-electron chi connectivity index (χ0n) is 11.3. The van der Waals surface area contributed by atoms with Crippen LogP contribution in [0.15, 0.2) is 12.1 Å². The predicted octanol–water partition coefficient (Wildman–Crippen LogP) is 1.26. The van der Waals surface area contributed by atoms with Gasteiger partial charge in [-0.3, -0.25) is 14.9 Å². The SMILES string of the molecule is O=C(Nc1cc2c(cc1[N+](=O)[O-])OCO2)[C@@H]1CCCNC1. The van der Waals surface area contributed by atoms with Crippen LogP contribution in [0.1, 0.15) is 12.8 Å². The molecule has 112 valence electrons. The molecule has 1 fully saturated rings. The molecule has 0 aliphatic carbocycles. The van der Waals surface area contributed by atoms with E-state index in [-0.39, 0.29) is 30.0 Å². The Kier molecular flexibility index (Phi) is 3.61. The lowest BCUT2D eigenvalue weighted by atomic mass is 9.98. The molecule has 2 heterocycles. The molecule has 0 aromatic heterocycles. The van der Waals surface area contributed by atoms with Gasteiger partial charge < -0.3 is 20.1 Å². The van der Waals surface area contributed by atoms with Gasteiger partial charge in [0.15, 0.2) is 11.5 Å². The lowest BCUT2D eigenvalue weighted by Crippen LogP contribution is -2.37. The van der Waals surface area contributed by atoms with Crippen molar-refractivity contribution in [3.05, 3.63) is 22.2 Å². The van der Waals surface area contributed by atoms with Crippen LogP contribution in [-0.2, 0) is 4.79 Å². The number of piperidine rings is 1. The zero-order valence-corrected chi connectivity index (χ0v) is 11.3. The third-order valence-corrected chi connectivity index (χ3v) is 3.61. The first-order chi connectivity index (χ1) is 10.1. The summed E-state index contributed by atoms with van der Waals surface area (Å²) in [7, 11) is 0. The molecule has 8 nitrogen and oxygen atoms in total. The number of anilines is 1. The van der Waals surface area contributed by atoms with Crippen LogP contribution in [0.5, 0.6) is 11.5 Å². The third kappa shape index (κ3) is 2.75. The van der Waals surface area contributed by atoms with Gasteiger partial charge in [-0.05, 0) is 19.4 Å². The highest BCUT2D eigenvalue weighted by Gasteiger charge is 2.27. The van der Waals surface area contributed by atoms with Gasteiger partial charge in [-0.2, -0.15) is 0 Å². The molecular formula is C13H15N3O5. The molecule has 2 N–H and O–H groups in total. The molecule has 1 amide bonds. The molecule has 1 saturated heterocycles. The molecule has 0 saturated carbocycles. The lowest BCUT2D eigenvalue weighted by Gasteiger charge is -2.21. The fourth-order valence-corrected chi connectivity index (χ4v) is 2.49. The number of nitro benzene ring substituents is 1. The minimum absolute atomic E-state index is 0.0242. The molecule has 1 atom stereocenters. The summed E-state index contributed by atoms with van der Waals surface area (Å²) in [6.07, 6.45) is 1.69. The number of hydrogen-bond donors (Lipinski definition) is 2. The van der Waals surface area contributed by atoms with Crippen molar-refractivity contribution < 1.29 is 19.2 Å². The van der Waals surface area contributed by atoms with Gasteiger partial charge in [0.1, 0.15) is 5.69 Å². The number of hydrogen-bond acceptors (Lipinski definition) is 6. The van der Waals surface area contributed by atoms with E-state index >= 15 is 0 Å². The second kappa shape index (κ2) is 5.57. The molecule has 2 aliphatic rings. The van der Waals surface area contributed by atoms with Gasteiger partial charge in [-0.25, -0.2) is 0 Å².